The number of rotatable bonds is 5. The largest absolute Gasteiger partial charge is 0.508 e. The van der Waals surface area contributed by atoms with E-state index >= 15 is 0 Å². The zero-order chi connectivity index (χ0) is 16.7. The zero-order valence-electron chi connectivity index (χ0n) is 12.1. The SMILES string of the molecule is N#C/C(=C/NCc1ccccc1F)C(=O)Nc1cccc(O)c1. The van der Waals surface area contributed by atoms with Crippen molar-refractivity contribution in [2.24, 2.45) is 0 Å². The molecule has 0 fully saturated rings. The highest BCUT2D eigenvalue weighted by Crippen LogP contribution is 2.16. The average Bonchev–Trinajstić information content (AvgIpc) is 2.53. The zero-order valence-corrected chi connectivity index (χ0v) is 12.1. The number of halogens is 1. The van der Waals surface area contributed by atoms with Gasteiger partial charge in [-0.05, 0) is 18.2 Å². The molecule has 0 bridgehead atoms. The highest BCUT2D eigenvalue weighted by molar-refractivity contribution is 6.06. The van der Waals surface area contributed by atoms with Crippen LogP contribution in [-0.4, -0.2) is 11.0 Å². The standard InChI is InChI=1S/C17H14FN3O2/c18-16-7-2-1-4-12(16)10-20-11-13(9-19)17(23)21-14-5-3-6-15(22)8-14/h1-8,11,20,22H,10H2,(H,21,23)/b13-11-. The summed E-state index contributed by atoms with van der Waals surface area (Å²) in [6.45, 7) is 0.150. The van der Waals surface area contributed by atoms with Crippen molar-refractivity contribution < 1.29 is 14.3 Å². The van der Waals surface area contributed by atoms with Crippen molar-refractivity contribution in [1.29, 1.82) is 5.26 Å². The van der Waals surface area contributed by atoms with Gasteiger partial charge in [-0.15, -0.1) is 0 Å². The average molecular weight is 311 g/mol. The summed E-state index contributed by atoms with van der Waals surface area (Å²) in [5.41, 5.74) is 0.629. The molecular weight excluding hydrogens is 297 g/mol. The lowest BCUT2D eigenvalue weighted by molar-refractivity contribution is -0.112. The summed E-state index contributed by atoms with van der Waals surface area (Å²) in [7, 11) is 0. The second-order valence-electron chi connectivity index (χ2n) is 4.65. The predicted molar refractivity (Wildman–Crippen MR) is 83.7 cm³/mol. The Morgan fingerprint density at radius 1 is 1.26 bits per heavy atom. The summed E-state index contributed by atoms with van der Waals surface area (Å²) in [4.78, 5) is 12.0. The molecule has 2 aromatic carbocycles. The monoisotopic (exact) mass is 311 g/mol. The van der Waals surface area contributed by atoms with Crippen LogP contribution in [0, 0.1) is 17.1 Å². The van der Waals surface area contributed by atoms with Gasteiger partial charge in [-0.25, -0.2) is 4.39 Å². The number of benzene rings is 2. The summed E-state index contributed by atoms with van der Waals surface area (Å²) in [6.07, 6.45) is 1.23. The molecule has 6 heteroatoms. The number of carbonyl (C=O) groups is 1. The van der Waals surface area contributed by atoms with Crippen molar-refractivity contribution in [2.45, 2.75) is 6.54 Å². The first-order chi connectivity index (χ1) is 11.1. The Labute approximate surface area is 132 Å². The van der Waals surface area contributed by atoms with Gasteiger partial charge in [0.1, 0.15) is 23.2 Å². The minimum absolute atomic E-state index is 0.00275. The maximum Gasteiger partial charge on any atom is 0.267 e. The van der Waals surface area contributed by atoms with E-state index in [-0.39, 0.29) is 23.7 Å². The van der Waals surface area contributed by atoms with E-state index in [0.717, 1.165) is 0 Å². The summed E-state index contributed by atoms with van der Waals surface area (Å²) in [6, 6.07) is 14.0. The second-order valence-corrected chi connectivity index (χ2v) is 4.65. The number of carbonyl (C=O) groups excluding carboxylic acids is 1. The Balaban J connectivity index is 2.00. The molecule has 23 heavy (non-hydrogen) atoms. The molecule has 0 saturated carbocycles. The normalized spacial score (nSPS) is 10.7. The molecule has 0 spiro atoms. The molecule has 116 valence electrons. The maximum absolute atomic E-state index is 13.5. The number of hydrogen-bond acceptors (Lipinski definition) is 4. The number of nitriles is 1. The first-order valence-corrected chi connectivity index (χ1v) is 6.77. The van der Waals surface area contributed by atoms with E-state index in [1.54, 1.807) is 36.4 Å². The molecule has 3 N–H and O–H groups in total. The van der Waals surface area contributed by atoms with E-state index in [0.29, 0.717) is 11.3 Å². The van der Waals surface area contributed by atoms with Gasteiger partial charge >= 0.3 is 0 Å². The third-order valence-electron chi connectivity index (χ3n) is 2.97. The van der Waals surface area contributed by atoms with Crippen molar-refractivity contribution in [3.8, 4) is 11.8 Å². The van der Waals surface area contributed by atoms with Crippen molar-refractivity contribution in [2.75, 3.05) is 5.32 Å². The van der Waals surface area contributed by atoms with Gasteiger partial charge in [-0.2, -0.15) is 5.26 Å². The quantitative estimate of drug-likeness (QED) is 0.585. The van der Waals surface area contributed by atoms with Gasteiger partial charge in [-0.1, -0.05) is 24.3 Å². The van der Waals surface area contributed by atoms with Gasteiger partial charge in [0, 0.05) is 30.1 Å². The number of hydrogen-bond donors (Lipinski definition) is 3. The number of phenolic OH excluding ortho intramolecular Hbond substituents is 1. The summed E-state index contributed by atoms with van der Waals surface area (Å²) >= 11 is 0. The highest BCUT2D eigenvalue weighted by atomic mass is 19.1. The third-order valence-corrected chi connectivity index (χ3v) is 2.97. The molecule has 0 aliphatic heterocycles. The smallest absolute Gasteiger partial charge is 0.267 e. The third kappa shape index (κ3) is 4.58. The van der Waals surface area contributed by atoms with E-state index < -0.39 is 5.91 Å². The van der Waals surface area contributed by atoms with Crippen molar-refractivity contribution in [3.05, 3.63) is 71.7 Å². The number of aromatic hydroxyl groups is 1. The van der Waals surface area contributed by atoms with Gasteiger partial charge in [-0.3, -0.25) is 4.79 Å². The second kappa shape index (κ2) is 7.61. The highest BCUT2D eigenvalue weighted by Gasteiger charge is 2.09. The molecule has 0 aliphatic rings. The van der Waals surface area contributed by atoms with Gasteiger partial charge in [0.05, 0.1) is 0 Å². The van der Waals surface area contributed by atoms with Crippen LogP contribution in [0.15, 0.2) is 60.3 Å². The fourth-order valence-electron chi connectivity index (χ4n) is 1.84. The Morgan fingerprint density at radius 3 is 2.74 bits per heavy atom. The molecule has 2 rings (SSSR count). The Kier molecular flexibility index (Phi) is 5.31. The van der Waals surface area contributed by atoms with Gasteiger partial charge in [0.25, 0.3) is 5.91 Å². The van der Waals surface area contributed by atoms with Crippen LogP contribution < -0.4 is 10.6 Å². The summed E-state index contributed by atoms with van der Waals surface area (Å²) in [5.74, 6) is -0.988. The minimum atomic E-state index is -0.626. The van der Waals surface area contributed by atoms with Crippen LogP contribution in [0.1, 0.15) is 5.56 Å². The van der Waals surface area contributed by atoms with E-state index in [1.165, 1.54) is 24.4 Å². The molecule has 0 heterocycles. The molecule has 0 radical (unpaired) electrons. The van der Waals surface area contributed by atoms with E-state index in [1.807, 2.05) is 0 Å². The van der Waals surface area contributed by atoms with E-state index in [9.17, 15) is 14.3 Å². The van der Waals surface area contributed by atoms with Crippen LogP contribution in [0.3, 0.4) is 0 Å². The summed E-state index contributed by atoms with van der Waals surface area (Å²) < 4.78 is 13.5. The molecule has 0 atom stereocenters. The van der Waals surface area contributed by atoms with Crippen molar-refractivity contribution >= 4 is 11.6 Å². The predicted octanol–water partition coefficient (Wildman–Crippen LogP) is 2.67. The van der Waals surface area contributed by atoms with Gasteiger partial charge < -0.3 is 15.7 Å². The van der Waals surface area contributed by atoms with Crippen LogP contribution in [0.2, 0.25) is 0 Å². The maximum atomic E-state index is 13.5. The number of phenols is 1. The lowest BCUT2D eigenvalue weighted by atomic mass is 10.2. The molecule has 1 amide bonds. The first kappa shape index (κ1) is 16.0. The van der Waals surface area contributed by atoms with E-state index in [2.05, 4.69) is 10.6 Å². The first-order valence-electron chi connectivity index (χ1n) is 6.77. The topological polar surface area (TPSA) is 85.2 Å². The Hall–Kier alpha value is -3.33. The number of nitrogens with zero attached hydrogens (tertiary/aromatic N) is 1. The Bertz CT molecular complexity index is 781. The molecule has 5 nitrogen and oxygen atoms in total. The molecule has 2 aromatic rings. The molecule has 0 unspecified atom stereocenters. The molecule has 0 saturated heterocycles. The van der Waals surface area contributed by atoms with Crippen LogP contribution in [0.25, 0.3) is 0 Å². The van der Waals surface area contributed by atoms with E-state index in [4.69, 9.17) is 5.26 Å². The summed E-state index contributed by atoms with van der Waals surface area (Å²) in [5, 5.41) is 23.6. The van der Waals surface area contributed by atoms with Crippen LogP contribution in [0.5, 0.6) is 5.75 Å². The lowest BCUT2D eigenvalue weighted by Gasteiger charge is -2.06. The fourth-order valence-corrected chi connectivity index (χ4v) is 1.84. The van der Waals surface area contributed by atoms with Gasteiger partial charge in [0.2, 0.25) is 0 Å². The van der Waals surface area contributed by atoms with Crippen molar-refractivity contribution in [1.82, 2.24) is 5.32 Å². The van der Waals surface area contributed by atoms with Crippen LogP contribution in [-0.2, 0) is 11.3 Å². The fraction of sp³-hybridized carbons (Fsp3) is 0.0588. The molecule has 0 aromatic heterocycles. The lowest BCUT2D eigenvalue weighted by Crippen LogP contribution is -2.16. The number of amides is 1. The minimum Gasteiger partial charge on any atom is -0.508 e. The van der Waals surface area contributed by atoms with Crippen LogP contribution >= 0.6 is 0 Å². The Morgan fingerprint density at radius 2 is 2.04 bits per heavy atom. The van der Waals surface area contributed by atoms with Gasteiger partial charge in [0.15, 0.2) is 0 Å². The molecule has 0 aliphatic carbocycles. The van der Waals surface area contributed by atoms with Crippen LogP contribution in [0.4, 0.5) is 10.1 Å². The number of nitrogens with one attached hydrogen (secondary N) is 2. The van der Waals surface area contributed by atoms with Crippen molar-refractivity contribution in [3.63, 3.8) is 0 Å². The molecular formula is C17H14FN3O2. The number of anilines is 1.